The number of ketones is 1. The summed E-state index contributed by atoms with van der Waals surface area (Å²) in [6.07, 6.45) is -11.9. The first-order chi connectivity index (χ1) is 25.8. The molecular weight excluding hydrogens is 734 g/mol. The second-order valence-corrected chi connectivity index (χ2v) is 13.4. The van der Waals surface area contributed by atoms with Gasteiger partial charge in [-0.25, -0.2) is 4.79 Å². The van der Waals surface area contributed by atoms with E-state index < -0.39 is 53.3 Å². The van der Waals surface area contributed by atoms with E-state index in [-0.39, 0.29) is 47.5 Å². The molecule has 0 bridgehead atoms. The Bertz CT molecular complexity index is 2020. The highest BCUT2D eigenvalue weighted by Gasteiger charge is 2.71. The molecule has 55 heavy (non-hydrogen) atoms. The minimum absolute atomic E-state index is 0.000852. The first-order valence-corrected chi connectivity index (χ1v) is 17.2. The number of aryl methyl sites for hydroxylation is 1. The lowest BCUT2D eigenvalue weighted by Crippen LogP contribution is -2.53. The number of hydrogen-bond donors (Lipinski definition) is 2. The highest BCUT2D eigenvalue weighted by Crippen LogP contribution is 2.51. The number of hydrogen-bond acceptors (Lipinski definition) is 7. The lowest BCUT2D eigenvalue weighted by atomic mass is 9.90. The number of aliphatic hydroxyl groups is 1. The zero-order valence-corrected chi connectivity index (χ0v) is 30.2. The third-order valence-corrected chi connectivity index (χ3v) is 8.92. The van der Waals surface area contributed by atoms with Crippen LogP contribution in [0.15, 0.2) is 91.0 Å². The van der Waals surface area contributed by atoms with E-state index >= 15 is 0 Å². The van der Waals surface area contributed by atoms with Crippen LogP contribution in [-0.2, 0) is 29.0 Å². The molecule has 1 atom stereocenters. The van der Waals surface area contributed by atoms with E-state index in [1.165, 1.54) is 25.1 Å². The molecule has 0 aliphatic carbocycles. The summed E-state index contributed by atoms with van der Waals surface area (Å²) >= 11 is 0. The maximum atomic E-state index is 13.8. The normalized spacial score (nSPS) is 16.3. The Labute approximate surface area is 312 Å². The van der Waals surface area contributed by atoms with Crippen LogP contribution in [0.5, 0.6) is 23.0 Å². The average molecular weight is 773 g/mol. The number of halogens is 6. The van der Waals surface area contributed by atoms with Gasteiger partial charge in [0.15, 0.2) is 5.78 Å². The van der Waals surface area contributed by atoms with Crippen LogP contribution in [0.1, 0.15) is 66.7 Å². The summed E-state index contributed by atoms with van der Waals surface area (Å²) in [5.41, 5.74) is -6.96. The van der Waals surface area contributed by atoms with E-state index in [9.17, 15) is 45.8 Å². The number of Topliss-reactive ketones (excluding diaryl/α,β-unsaturated/α-hetero) is 1. The van der Waals surface area contributed by atoms with Crippen LogP contribution in [-0.4, -0.2) is 52.7 Å². The van der Waals surface area contributed by atoms with Crippen molar-refractivity contribution in [3.63, 3.8) is 0 Å². The third kappa shape index (κ3) is 8.41. The summed E-state index contributed by atoms with van der Waals surface area (Å²) in [5, 5.41) is 12.6. The van der Waals surface area contributed by atoms with Crippen molar-refractivity contribution < 1.29 is 60.0 Å². The smallest absolute Gasteiger partial charge is 0.430 e. The number of carbonyl (C=O) groups is 3. The molecule has 1 aliphatic heterocycles. The quantitative estimate of drug-likeness (QED) is 0.0749. The third-order valence-electron chi connectivity index (χ3n) is 8.92. The Morgan fingerprint density at radius 1 is 0.855 bits per heavy atom. The Morgan fingerprint density at radius 3 is 2.09 bits per heavy atom. The van der Waals surface area contributed by atoms with Gasteiger partial charge in [0.25, 0.3) is 11.5 Å². The lowest BCUT2D eigenvalue weighted by molar-refractivity contribution is -0.376. The van der Waals surface area contributed by atoms with Crippen molar-refractivity contribution in [1.29, 1.82) is 0 Å². The average Bonchev–Trinajstić information content (AvgIpc) is 3.34. The molecule has 4 aromatic rings. The van der Waals surface area contributed by atoms with Gasteiger partial charge in [0, 0.05) is 11.6 Å². The zero-order valence-electron chi connectivity index (χ0n) is 30.2. The van der Waals surface area contributed by atoms with Gasteiger partial charge in [0.05, 0.1) is 18.2 Å². The largest absolute Gasteiger partial charge is 0.491 e. The van der Waals surface area contributed by atoms with Crippen LogP contribution in [0, 0.1) is 0 Å². The van der Waals surface area contributed by atoms with Crippen molar-refractivity contribution in [2.24, 2.45) is 0 Å². The van der Waals surface area contributed by atoms with Crippen molar-refractivity contribution in [3.8, 4) is 23.0 Å². The van der Waals surface area contributed by atoms with E-state index in [0.29, 0.717) is 35.4 Å². The molecule has 0 radical (unpaired) electrons. The molecule has 1 aliphatic rings. The second-order valence-electron chi connectivity index (χ2n) is 13.4. The molecule has 1 saturated heterocycles. The highest BCUT2D eigenvalue weighted by atomic mass is 19.4. The molecular formula is C40H38F6N2O7. The minimum Gasteiger partial charge on any atom is -0.491 e. The fourth-order valence-electron chi connectivity index (χ4n) is 6.04. The molecule has 0 saturated carbocycles. The monoisotopic (exact) mass is 772 g/mol. The summed E-state index contributed by atoms with van der Waals surface area (Å²) in [7, 11) is 0. The molecule has 0 spiro atoms. The van der Waals surface area contributed by atoms with E-state index in [2.05, 4.69) is 5.32 Å². The van der Waals surface area contributed by atoms with Crippen molar-refractivity contribution in [2.45, 2.75) is 76.7 Å². The van der Waals surface area contributed by atoms with Gasteiger partial charge in [0.2, 0.25) is 0 Å². The zero-order chi connectivity index (χ0) is 40.3. The van der Waals surface area contributed by atoms with Gasteiger partial charge in [-0.1, -0.05) is 61.9 Å². The van der Waals surface area contributed by atoms with Gasteiger partial charge < -0.3 is 24.6 Å². The number of ether oxygens (including phenoxy) is 3. The number of nitrogens with zero attached hydrogens (tertiary/aromatic N) is 1. The van der Waals surface area contributed by atoms with E-state index in [4.69, 9.17) is 14.2 Å². The van der Waals surface area contributed by atoms with Crippen LogP contribution in [0.4, 0.5) is 31.1 Å². The molecule has 0 aromatic heterocycles. The maximum absolute atomic E-state index is 13.8. The van der Waals surface area contributed by atoms with Crippen LogP contribution in [0.25, 0.3) is 0 Å². The SMILES string of the molecule is CCCc1cc(C(O)(C(F)(F)F)C(F)(F)F)ccc1Oc1ccc(C(=O)CN2C(=O)NC(C)(c3ccc(OC(C)C)cc3)C2=O)c(OCc2ccccc2)c1. The van der Waals surface area contributed by atoms with Crippen molar-refractivity contribution in [1.82, 2.24) is 10.2 Å². The number of alkyl halides is 6. The van der Waals surface area contributed by atoms with Crippen LogP contribution in [0.3, 0.4) is 0 Å². The van der Waals surface area contributed by atoms with Crippen molar-refractivity contribution in [3.05, 3.63) is 119 Å². The van der Waals surface area contributed by atoms with Gasteiger partial charge >= 0.3 is 18.4 Å². The standard InChI is InChI=1S/C40H38F6N2O7/c1-5-9-26-20-28(38(52,39(41,42)43)40(44,45)46)14-19-33(26)55-30-17-18-31(34(21-30)53-23-25-10-7-6-8-11-25)32(49)22-48-35(50)37(4,47-36(48)51)27-12-15-29(16-13-27)54-24(2)3/h6-8,10-21,24,52H,5,9,22-23H2,1-4H3,(H,47,51). The van der Waals surface area contributed by atoms with Gasteiger partial charge in [-0.3, -0.25) is 14.5 Å². The molecule has 1 fully saturated rings. The maximum Gasteiger partial charge on any atom is 0.430 e. The second kappa shape index (κ2) is 15.7. The predicted molar refractivity (Wildman–Crippen MR) is 188 cm³/mol. The highest BCUT2D eigenvalue weighted by molar-refractivity contribution is 6.11. The molecule has 15 heteroatoms. The number of imide groups is 1. The molecule has 1 unspecified atom stereocenters. The predicted octanol–water partition coefficient (Wildman–Crippen LogP) is 8.76. The number of rotatable bonds is 14. The lowest BCUT2D eigenvalue weighted by Gasteiger charge is -2.33. The van der Waals surface area contributed by atoms with Crippen molar-refractivity contribution >= 4 is 17.7 Å². The fourth-order valence-corrected chi connectivity index (χ4v) is 6.04. The molecule has 4 aromatic carbocycles. The van der Waals surface area contributed by atoms with Crippen LogP contribution in [0.2, 0.25) is 0 Å². The van der Waals surface area contributed by atoms with Gasteiger partial charge in [0.1, 0.15) is 35.1 Å². The molecule has 1 heterocycles. The number of amides is 3. The van der Waals surface area contributed by atoms with Gasteiger partial charge in [-0.05, 0) is 80.3 Å². The Morgan fingerprint density at radius 2 is 1.49 bits per heavy atom. The van der Waals surface area contributed by atoms with E-state index in [1.807, 2.05) is 13.8 Å². The topological polar surface area (TPSA) is 114 Å². The molecule has 3 amide bonds. The number of benzene rings is 4. The summed E-state index contributed by atoms with van der Waals surface area (Å²) in [6, 6.07) is 20.6. The van der Waals surface area contributed by atoms with Crippen LogP contribution >= 0.6 is 0 Å². The summed E-state index contributed by atoms with van der Waals surface area (Å²) in [5.74, 6) is -0.941. The molecule has 292 valence electrons. The number of urea groups is 1. The van der Waals surface area contributed by atoms with E-state index in [1.54, 1.807) is 61.5 Å². The first-order valence-electron chi connectivity index (χ1n) is 17.2. The minimum atomic E-state index is -6.07. The first kappa shape index (κ1) is 40.6. The fraction of sp³-hybridized carbons (Fsp3) is 0.325. The van der Waals surface area contributed by atoms with Gasteiger partial charge in [-0.15, -0.1) is 0 Å². The number of nitrogens with one attached hydrogen (secondary N) is 1. The van der Waals surface area contributed by atoms with Crippen LogP contribution < -0.4 is 19.5 Å². The van der Waals surface area contributed by atoms with E-state index in [0.717, 1.165) is 11.0 Å². The molecule has 9 nitrogen and oxygen atoms in total. The Balaban J connectivity index is 1.44. The van der Waals surface area contributed by atoms with Crippen molar-refractivity contribution in [2.75, 3.05) is 6.54 Å². The molecule has 5 rings (SSSR count). The summed E-state index contributed by atoms with van der Waals surface area (Å²) < 4.78 is 99.4. The molecule has 2 N–H and O–H groups in total. The Hall–Kier alpha value is -5.57. The summed E-state index contributed by atoms with van der Waals surface area (Å²) in [4.78, 5) is 41.4. The number of carbonyl (C=O) groups excluding carboxylic acids is 3. The van der Waals surface area contributed by atoms with Gasteiger partial charge in [-0.2, -0.15) is 26.3 Å². The summed E-state index contributed by atoms with van der Waals surface area (Å²) in [6.45, 7) is 6.19. The Kier molecular flexibility index (Phi) is 11.6.